The van der Waals surface area contributed by atoms with E-state index in [9.17, 15) is 19.1 Å². The van der Waals surface area contributed by atoms with Crippen LogP contribution in [-0.2, 0) is 10.2 Å². The number of nitrogens with zero attached hydrogens (tertiary/aromatic N) is 2. The summed E-state index contributed by atoms with van der Waals surface area (Å²) in [4.78, 5) is 32.5. The number of aromatic nitrogens is 1. The first-order chi connectivity index (χ1) is 17.7. The summed E-state index contributed by atoms with van der Waals surface area (Å²) in [5.41, 5.74) is 2.60. The Balaban J connectivity index is 1.48. The van der Waals surface area contributed by atoms with Crippen LogP contribution in [0.3, 0.4) is 0 Å². The molecule has 196 valence electrons. The number of halogens is 1. The smallest absolute Gasteiger partial charge is 0.321 e. The Kier molecular flexibility index (Phi) is 6.58. The van der Waals surface area contributed by atoms with Crippen LogP contribution in [0.15, 0.2) is 42.5 Å². The normalized spacial score (nSPS) is 18.8. The fourth-order valence-corrected chi connectivity index (χ4v) is 5.86. The zero-order valence-electron chi connectivity index (χ0n) is 21.4. The lowest BCUT2D eigenvalue weighted by atomic mass is 9.68. The van der Waals surface area contributed by atoms with Crippen molar-refractivity contribution in [2.24, 2.45) is 0 Å². The highest BCUT2D eigenvalue weighted by atomic mass is 19.1. The van der Waals surface area contributed by atoms with E-state index in [-0.39, 0.29) is 35.8 Å². The molecule has 0 saturated carbocycles. The second-order valence-electron chi connectivity index (χ2n) is 10.3. The van der Waals surface area contributed by atoms with E-state index in [0.717, 1.165) is 27.9 Å². The van der Waals surface area contributed by atoms with Crippen molar-refractivity contribution < 1.29 is 23.8 Å². The number of aliphatic hydroxyl groups is 1. The summed E-state index contributed by atoms with van der Waals surface area (Å²) in [6.07, 6.45) is 1.29. The number of nitrogens with one attached hydrogen (secondary N) is 2. The summed E-state index contributed by atoms with van der Waals surface area (Å²) < 4.78 is 20.0. The van der Waals surface area contributed by atoms with Gasteiger partial charge in [0.2, 0.25) is 5.91 Å². The minimum Gasteiger partial charge on any atom is -0.491 e. The minimum atomic E-state index is -0.479. The first-order valence-corrected chi connectivity index (χ1v) is 12.7. The number of hydrogen-bond donors (Lipinski definition) is 3. The van der Waals surface area contributed by atoms with Gasteiger partial charge in [-0.25, -0.2) is 9.18 Å². The fourth-order valence-electron chi connectivity index (χ4n) is 5.86. The number of carbonyl (C=O) groups excluding carboxylic acids is 2. The summed E-state index contributed by atoms with van der Waals surface area (Å²) in [6, 6.07) is 11.2. The van der Waals surface area contributed by atoms with Crippen molar-refractivity contribution >= 4 is 28.5 Å². The summed E-state index contributed by atoms with van der Waals surface area (Å²) in [7, 11) is 0. The first kappa shape index (κ1) is 25.1. The molecule has 0 bridgehead atoms. The Hall–Kier alpha value is -3.59. The van der Waals surface area contributed by atoms with Crippen molar-refractivity contribution in [2.75, 3.05) is 31.6 Å². The third-order valence-corrected chi connectivity index (χ3v) is 7.58. The average molecular weight is 509 g/mol. The summed E-state index contributed by atoms with van der Waals surface area (Å²) in [6.45, 7) is 6.65. The lowest BCUT2D eigenvalue weighted by Gasteiger charge is -2.50. The molecule has 37 heavy (non-hydrogen) atoms. The van der Waals surface area contributed by atoms with Gasteiger partial charge in [0.05, 0.1) is 24.4 Å². The molecule has 2 aliphatic heterocycles. The lowest BCUT2D eigenvalue weighted by molar-refractivity contribution is -0.134. The maximum absolute atomic E-state index is 14.1. The van der Waals surface area contributed by atoms with Crippen LogP contribution in [-0.4, -0.2) is 64.2 Å². The van der Waals surface area contributed by atoms with E-state index in [0.29, 0.717) is 32.5 Å². The average Bonchev–Trinajstić information content (AvgIpc) is 3.25. The molecule has 1 aromatic heterocycles. The zero-order chi connectivity index (χ0) is 26.3. The number of anilines is 1. The topological polar surface area (TPSA) is 97.9 Å². The number of hydrogen-bond acceptors (Lipinski definition) is 4. The van der Waals surface area contributed by atoms with Gasteiger partial charge in [0, 0.05) is 54.6 Å². The molecule has 9 heteroatoms. The molecule has 1 atom stereocenters. The van der Waals surface area contributed by atoms with Crippen LogP contribution in [0.4, 0.5) is 14.9 Å². The Morgan fingerprint density at radius 1 is 1.22 bits per heavy atom. The predicted octanol–water partition coefficient (Wildman–Crippen LogP) is 4.56. The minimum absolute atomic E-state index is 0.0339. The third kappa shape index (κ3) is 4.52. The number of rotatable bonds is 4. The van der Waals surface area contributed by atoms with Crippen LogP contribution >= 0.6 is 0 Å². The molecule has 5 rings (SSSR count). The van der Waals surface area contributed by atoms with Crippen molar-refractivity contribution in [1.82, 2.24) is 14.8 Å². The standard InChI is InChI=1S/C28H33FN4O4/c1-17(2)37-19-8-9-20-23(14-19)30-26-24(15-34)33(18(3)35)16-28(25(20)26)10-12-32(13-11-28)27(36)31-22-7-5-4-6-21(22)29/h4-9,14,17,24,30,34H,10-13,15-16H2,1-3H3,(H,31,36)/t24-/m0/s1. The maximum atomic E-state index is 14.1. The van der Waals surface area contributed by atoms with Gasteiger partial charge in [0.15, 0.2) is 0 Å². The molecule has 1 spiro atoms. The molecule has 1 fully saturated rings. The lowest BCUT2D eigenvalue weighted by Crippen LogP contribution is -2.55. The molecule has 3 aromatic rings. The number of likely N-dealkylation sites (tertiary alicyclic amines) is 1. The Morgan fingerprint density at radius 2 is 1.95 bits per heavy atom. The molecular weight excluding hydrogens is 475 g/mol. The Labute approximate surface area is 215 Å². The Morgan fingerprint density at radius 3 is 2.59 bits per heavy atom. The largest absolute Gasteiger partial charge is 0.491 e. The van der Waals surface area contributed by atoms with Gasteiger partial charge in [-0.1, -0.05) is 12.1 Å². The molecule has 0 aliphatic carbocycles. The number of aromatic amines is 1. The van der Waals surface area contributed by atoms with Gasteiger partial charge in [-0.2, -0.15) is 0 Å². The second kappa shape index (κ2) is 9.70. The number of amides is 3. The highest BCUT2D eigenvalue weighted by Crippen LogP contribution is 2.49. The van der Waals surface area contributed by atoms with E-state index in [1.807, 2.05) is 32.0 Å². The van der Waals surface area contributed by atoms with E-state index in [4.69, 9.17) is 4.74 Å². The van der Waals surface area contributed by atoms with Crippen molar-refractivity contribution in [3.8, 4) is 5.75 Å². The van der Waals surface area contributed by atoms with Crippen LogP contribution < -0.4 is 10.1 Å². The summed E-state index contributed by atoms with van der Waals surface area (Å²) >= 11 is 0. The van der Waals surface area contributed by atoms with E-state index in [2.05, 4.69) is 10.3 Å². The second-order valence-corrected chi connectivity index (χ2v) is 10.3. The van der Waals surface area contributed by atoms with Gasteiger partial charge in [-0.3, -0.25) is 4.79 Å². The molecule has 8 nitrogen and oxygen atoms in total. The van der Waals surface area contributed by atoms with E-state index in [1.54, 1.807) is 21.9 Å². The molecule has 3 N–H and O–H groups in total. The van der Waals surface area contributed by atoms with Crippen molar-refractivity contribution in [3.63, 3.8) is 0 Å². The van der Waals surface area contributed by atoms with Gasteiger partial charge >= 0.3 is 6.03 Å². The number of fused-ring (bicyclic) bond motifs is 4. The van der Waals surface area contributed by atoms with Crippen molar-refractivity contribution in [1.29, 1.82) is 0 Å². The number of urea groups is 1. The number of ether oxygens (including phenoxy) is 1. The molecule has 1 saturated heterocycles. The van der Waals surface area contributed by atoms with Gasteiger partial charge in [-0.05, 0) is 56.5 Å². The van der Waals surface area contributed by atoms with E-state index < -0.39 is 11.9 Å². The monoisotopic (exact) mass is 508 g/mol. The van der Waals surface area contributed by atoms with E-state index >= 15 is 0 Å². The number of H-pyrrole nitrogens is 1. The first-order valence-electron chi connectivity index (χ1n) is 12.7. The van der Waals surface area contributed by atoms with Crippen LogP contribution in [0, 0.1) is 5.82 Å². The SMILES string of the molecule is CC(=O)N1CC2(CCN(C(=O)Nc3ccccc3F)CC2)c2c([nH]c3cc(OC(C)C)ccc23)[C@@H]1CO. The molecule has 3 amide bonds. The summed E-state index contributed by atoms with van der Waals surface area (Å²) in [5.74, 6) is 0.165. The Bertz CT molecular complexity index is 1330. The highest BCUT2D eigenvalue weighted by Gasteiger charge is 2.48. The van der Waals surface area contributed by atoms with Crippen LogP contribution in [0.25, 0.3) is 10.9 Å². The molecular formula is C28H33FN4O4. The van der Waals surface area contributed by atoms with Gasteiger partial charge in [0.25, 0.3) is 0 Å². The summed E-state index contributed by atoms with van der Waals surface area (Å²) in [5, 5.41) is 14.0. The predicted molar refractivity (Wildman–Crippen MR) is 139 cm³/mol. The van der Waals surface area contributed by atoms with Gasteiger partial charge in [0.1, 0.15) is 11.6 Å². The zero-order valence-corrected chi connectivity index (χ0v) is 21.4. The molecule has 2 aliphatic rings. The molecule has 2 aromatic carbocycles. The van der Waals surface area contributed by atoms with E-state index in [1.165, 1.54) is 19.1 Å². The number of carbonyl (C=O) groups is 2. The number of piperidine rings is 1. The molecule has 0 unspecified atom stereocenters. The fraction of sp³-hybridized carbons (Fsp3) is 0.429. The highest BCUT2D eigenvalue weighted by molar-refractivity contribution is 5.90. The quantitative estimate of drug-likeness (QED) is 0.481. The molecule has 0 radical (unpaired) electrons. The number of aliphatic hydroxyl groups excluding tert-OH is 1. The van der Waals surface area contributed by atoms with Gasteiger partial charge in [-0.15, -0.1) is 0 Å². The van der Waals surface area contributed by atoms with Crippen molar-refractivity contribution in [2.45, 2.75) is 51.2 Å². The van der Waals surface area contributed by atoms with Crippen LogP contribution in [0.5, 0.6) is 5.75 Å². The number of para-hydroxylation sites is 1. The van der Waals surface area contributed by atoms with Crippen LogP contribution in [0.2, 0.25) is 0 Å². The molecule has 3 heterocycles. The third-order valence-electron chi connectivity index (χ3n) is 7.58. The number of benzene rings is 2. The maximum Gasteiger partial charge on any atom is 0.321 e. The van der Waals surface area contributed by atoms with Crippen molar-refractivity contribution in [3.05, 3.63) is 59.5 Å². The van der Waals surface area contributed by atoms with Crippen LogP contribution in [0.1, 0.15) is 50.9 Å². The van der Waals surface area contributed by atoms with Gasteiger partial charge < -0.3 is 29.9 Å².